The van der Waals surface area contributed by atoms with Crippen LogP contribution in [0, 0.1) is 5.82 Å². The third-order valence-corrected chi connectivity index (χ3v) is 2.25. The van der Waals surface area contributed by atoms with Crippen LogP contribution in [0.15, 0.2) is 22.6 Å². The van der Waals surface area contributed by atoms with Crippen molar-refractivity contribution >= 4 is 12.0 Å². The summed E-state index contributed by atoms with van der Waals surface area (Å²) in [4.78, 5) is 14.7. The van der Waals surface area contributed by atoms with E-state index in [0.29, 0.717) is 0 Å². The van der Waals surface area contributed by atoms with Crippen LogP contribution < -0.4 is 10.5 Å². The molecule has 0 amide bonds. The van der Waals surface area contributed by atoms with Crippen molar-refractivity contribution in [3.05, 3.63) is 29.8 Å². The molecule has 0 unspecified atom stereocenters. The van der Waals surface area contributed by atoms with E-state index >= 15 is 0 Å². The van der Waals surface area contributed by atoms with Crippen molar-refractivity contribution in [3.8, 4) is 17.0 Å². The maximum Gasteiger partial charge on any atom is 0.374 e. The van der Waals surface area contributed by atoms with E-state index in [2.05, 4.69) is 4.98 Å². The van der Waals surface area contributed by atoms with Crippen LogP contribution in [-0.2, 0) is 0 Å². The number of carboxylic acids is 1. The van der Waals surface area contributed by atoms with Crippen LogP contribution in [0.1, 0.15) is 10.6 Å². The standard InChI is InChI=1S/C11H9FN2O4/c1-17-7-3-2-5(12)4-6(7)8-9(10(15)16)18-11(13)14-8/h2-4H,1H3,(H2,13,14)(H,15,16). The maximum atomic E-state index is 13.2. The predicted molar refractivity (Wildman–Crippen MR) is 59.8 cm³/mol. The molecule has 1 aromatic carbocycles. The highest BCUT2D eigenvalue weighted by molar-refractivity contribution is 5.93. The first kappa shape index (κ1) is 11.9. The normalized spacial score (nSPS) is 10.3. The third kappa shape index (κ3) is 1.97. The Bertz CT molecular complexity index is 609. The van der Waals surface area contributed by atoms with Crippen molar-refractivity contribution < 1.29 is 23.4 Å². The van der Waals surface area contributed by atoms with Crippen molar-refractivity contribution in [1.29, 1.82) is 0 Å². The minimum Gasteiger partial charge on any atom is -0.496 e. The van der Waals surface area contributed by atoms with Gasteiger partial charge in [0.2, 0.25) is 5.76 Å². The minimum absolute atomic E-state index is 0.0728. The van der Waals surface area contributed by atoms with E-state index in [9.17, 15) is 9.18 Å². The van der Waals surface area contributed by atoms with Crippen LogP contribution in [0.25, 0.3) is 11.3 Å². The van der Waals surface area contributed by atoms with Crippen LogP contribution in [0.3, 0.4) is 0 Å². The fourth-order valence-corrected chi connectivity index (χ4v) is 1.53. The van der Waals surface area contributed by atoms with Gasteiger partial charge in [-0.25, -0.2) is 9.18 Å². The van der Waals surface area contributed by atoms with Gasteiger partial charge in [0.1, 0.15) is 17.3 Å². The lowest BCUT2D eigenvalue weighted by molar-refractivity contribution is 0.0665. The zero-order valence-electron chi connectivity index (χ0n) is 9.31. The first-order valence-electron chi connectivity index (χ1n) is 4.86. The van der Waals surface area contributed by atoms with Crippen molar-refractivity contribution in [2.45, 2.75) is 0 Å². The van der Waals surface area contributed by atoms with Gasteiger partial charge in [-0.3, -0.25) is 0 Å². The van der Waals surface area contributed by atoms with Crippen molar-refractivity contribution in [1.82, 2.24) is 4.98 Å². The van der Waals surface area contributed by atoms with E-state index in [1.165, 1.54) is 19.2 Å². The molecule has 0 aliphatic heterocycles. The molecule has 0 saturated heterocycles. The zero-order valence-corrected chi connectivity index (χ0v) is 9.31. The summed E-state index contributed by atoms with van der Waals surface area (Å²) < 4.78 is 23.0. The molecule has 0 radical (unpaired) electrons. The second-order valence-corrected chi connectivity index (χ2v) is 3.38. The largest absolute Gasteiger partial charge is 0.496 e. The maximum absolute atomic E-state index is 13.2. The third-order valence-electron chi connectivity index (χ3n) is 2.25. The second-order valence-electron chi connectivity index (χ2n) is 3.38. The van der Waals surface area contributed by atoms with Gasteiger partial charge < -0.3 is 20.0 Å². The highest BCUT2D eigenvalue weighted by Crippen LogP contribution is 2.33. The number of hydrogen-bond donors (Lipinski definition) is 2. The molecule has 2 rings (SSSR count). The highest BCUT2D eigenvalue weighted by atomic mass is 19.1. The average Bonchev–Trinajstić information content (AvgIpc) is 2.71. The Morgan fingerprint density at radius 2 is 2.28 bits per heavy atom. The quantitative estimate of drug-likeness (QED) is 0.863. The number of rotatable bonds is 3. The molecular weight excluding hydrogens is 243 g/mol. The Morgan fingerprint density at radius 3 is 2.89 bits per heavy atom. The molecule has 18 heavy (non-hydrogen) atoms. The Morgan fingerprint density at radius 1 is 1.56 bits per heavy atom. The Kier molecular flexibility index (Phi) is 2.88. The molecule has 0 aliphatic rings. The summed E-state index contributed by atoms with van der Waals surface area (Å²) in [5.74, 6) is -2.09. The number of nitrogens with two attached hydrogens (primary N) is 1. The topological polar surface area (TPSA) is 98.6 Å². The molecule has 94 valence electrons. The molecule has 0 spiro atoms. The number of hydrogen-bond acceptors (Lipinski definition) is 5. The number of methoxy groups -OCH3 is 1. The van der Waals surface area contributed by atoms with Crippen molar-refractivity contribution in [2.75, 3.05) is 12.8 Å². The van der Waals surface area contributed by atoms with Crippen molar-refractivity contribution in [2.24, 2.45) is 0 Å². The number of oxazole rings is 1. The smallest absolute Gasteiger partial charge is 0.374 e. The minimum atomic E-state index is -1.35. The van der Waals surface area contributed by atoms with Crippen LogP contribution in [-0.4, -0.2) is 23.2 Å². The lowest BCUT2D eigenvalue weighted by atomic mass is 10.1. The lowest BCUT2D eigenvalue weighted by Gasteiger charge is -2.06. The highest BCUT2D eigenvalue weighted by Gasteiger charge is 2.22. The molecule has 1 aromatic heterocycles. The lowest BCUT2D eigenvalue weighted by Crippen LogP contribution is -1.98. The Balaban J connectivity index is 2.68. The van der Waals surface area contributed by atoms with Crippen LogP contribution >= 0.6 is 0 Å². The molecule has 3 N–H and O–H groups in total. The van der Waals surface area contributed by atoms with Crippen LogP contribution in [0.2, 0.25) is 0 Å². The second kappa shape index (κ2) is 4.36. The number of carboxylic acid groups (broad SMARTS) is 1. The predicted octanol–water partition coefficient (Wildman–Crippen LogP) is 1.77. The van der Waals surface area contributed by atoms with E-state index in [-0.39, 0.29) is 23.0 Å². The van der Waals surface area contributed by atoms with Gasteiger partial charge >= 0.3 is 5.97 Å². The number of nitrogen functional groups attached to an aromatic ring is 1. The number of ether oxygens (including phenoxy) is 1. The van der Waals surface area contributed by atoms with E-state index < -0.39 is 17.5 Å². The van der Waals surface area contributed by atoms with Gasteiger partial charge in [-0.05, 0) is 18.2 Å². The fourth-order valence-electron chi connectivity index (χ4n) is 1.53. The fraction of sp³-hybridized carbons (Fsp3) is 0.0909. The van der Waals surface area contributed by atoms with Crippen LogP contribution in [0.5, 0.6) is 5.75 Å². The van der Waals surface area contributed by atoms with E-state index in [0.717, 1.165) is 6.07 Å². The number of halogens is 1. The van der Waals surface area contributed by atoms with Gasteiger partial charge in [-0.2, -0.15) is 4.98 Å². The molecule has 7 heteroatoms. The van der Waals surface area contributed by atoms with Crippen LogP contribution in [0.4, 0.5) is 10.4 Å². The van der Waals surface area contributed by atoms with E-state index in [1.54, 1.807) is 0 Å². The zero-order chi connectivity index (χ0) is 13.3. The first-order chi connectivity index (χ1) is 8.52. The molecule has 0 aliphatic carbocycles. The summed E-state index contributed by atoms with van der Waals surface area (Å²) in [6.45, 7) is 0. The van der Waals surface area contributed by atoms with Gasteiger partial charge in [-0.1, -0.05) is 0 Å². The Hall–Kier alpha value is -2.57. The number of anilines is 1. The molecule has 2 aromatic rings. The molecule has 1 heterocycles. The van der Waals surface area contributed by atoms with Crippen molar-refractivity contribution in [3.63, 3.8) is 0 Å². The average molecular weight is 252 g/mol. The van der Waals surface area contributed by atoms with Gasteiger partial charge in [0.15, 0.2) is 0 Å². The first-order valence-corrected chi connectivity index (χ1v) is 4.86. The van der Waals surface area contributed by atoms with E-state index in [4.69, 9.17) is 20.0 Å². The summed E-state index contributed by atoms with van der Waals surface area (Å²) in [5.41, 5.74) is 5.40. The number of benzene rings is 1. The van der Waals surface area contributed by atoms with Gasteiger partial charge in [0, 0.05) is 5.56 Å². The summed E-state index contributed by atoms with van der Waals surface area (Å²) in [5, 5.41) is 8.95. The molecule has 0 atom stereocenters. The van der Waals surface area contributed by atoms with Gasteiger partial charge in [0.25, 0.3) is 6.01 Å². The number of aromatic nitrogens is 1. The summed E-state index contributed by atoms with van der Waals surface area (Å²) in [6.07, 6.45) is 0. The monoisotopic (exact) mass is 252 g/mol. The Labute approximate surface area is 101 Å². The summed E-state index contributed by atoms with van der Waals surface area (Å²) in [6, 6.07) is 3.34. The SMILES string of the molecule is COc1ccc(F)cc1-c1nc(N)oc1C(=O)O. The molecule has 0 fully saturated rings. The number of aromatic carboxylic acids is 1. The van der Waals surface area contributed by atoms with Gasteiger partial charge in [0.05, 0.1) is 7.11 Å². The summed E-state index contributed by atoms with van der Waals surface area (Å²) in [7, 11) is 1.38. The van der Waals surface area contributed by atoms with E-state index in [1.807, 2.05) is 0 Å². The molecule has 6 nitrogen and oxygen atoms in total. The number of nitrogens with zero attached hydrogens (tertiary/aromatic N) is 1. The molecular formula is C11H9FN2O4. The molecule has 0 bridgehead atoms. The van der Waals surface area contributed by atoms with Gasteiger partial charge in [-0.15, -0.1) is 0 Å². The number of carbonyl (C=O) groups is 1. The summed E-state index contributed by atoms with van der Waals surface area (Å²) >= 11 is 0. The molecule has 0 saturated carbocycles.